The van der Waals surface area contributed by atoms with Gasteiger partial charge < -0.3 is 14.8 Å². The lowest BCUT2D eigenvalue weighted by Gasteiger charge is -2.18. The third kappa shape index (κ3) is 5.48. The summed E-state index contributed by atoms with van der Waals surface area (Å²) in [5.41, 5.74) is 1.94. The molecule has 0 saturated carbocycles. The molecule has 0 saturated heterocycles. The van der Waals surface area contributed by atoms with E-state index in [9.17, 15) is 18.4 Å². The number of benzene rings is 2. The molecule has 174 valence electrons. The van der Waals surface area contributed by atoms with Crippen molar-refractivity contribution in [2.75, 3.05) is 20.3 Å². The Kier molecular flexibility index (Phi) is 7.99. The molecule has 1 N–H and O–H groups in total. The van der Waals surface area contributed by atoms with Gasteiger partial charge in [0.2, 0.25) is 0 Å². The Morgan fingerprint density at radius 2 is 1.91 bits per heavy atom. The minimum atomic E-state index is -0.729. The van der Waals surface area contributed by atoms with Gasteiger partial charge in [-0.1, -0.05) is 6.07 Å². The van der Waals surface area contributed by atoms with Crippen molar-refractivity contribution in [2.45, 2.75) is 20.5 Å². The molecule has 1 heterocycles. The number of carbonyl (C=O) groups excluding carboxylic acids is 1. The highest BCUT2D eigenvalue weighted by atomic mass is 79.9. The normalized spacial score (nSPS) is 10.8. The monoisotopic (exact) mass is 520 g/mol. The van der Waals surface area contributed by atoms with Gasteiger partial charge in [0.05, 0.1) is 12.3 Å². The average molecular weight is 521 g/mol. The molecular formula is C24H23BrF2N2O4. The van der Waals surface area contributed by atoms with Gasteiger partial charge in [-0.3, -0.25) is 14.2 Å². The molecule has 3 rings (SSSR count). The van der Waals surface area contributed by atoms with Gasteiger partial charge >= 0.3 is 0 Å². The van der Waals surface area contributed by atoms with Gasteiger partial charge in [-0.2, -0.15) is 0 Å². The molecule has 2 aromatic carbocycles. The number of methoxy groups -OCH3 is 1. The number of amides is 1. The van der Waals surface area contributed by atoms with Crippen LogP contribution in [0.2, 0.25) is 0 Å². The predicted molar refractivity (Wildman–Crippen MR) is 124 cm³/mol. The van der Waals surface area contributed by atoms with E-state index in [4.69, 9.17) is 9.47 Å². The van der Waals surface area contributed by atoms with Gasteiger partial charge in [0, 0.05) is 42.6 Å². The maximum atomic E-state index is 13.9. The molecule has 1 aromatic heterocycles. The number of pyridine rings is 1. The van der Waals surface area contributed by atoms with Crippen LogP contribution >= 0.6 is 15.9 Å². The fourth-order valence-corrected chi connectivity index (χ4v) is 3.76. The number of carbonyl (C=O) groups is 1. The minimum Gasteiger partial charge on any atom is -0.487 e. The van der Waals surface area contributed by atoms with E-state index in [2.05, 4.69) is 21.2 Å². The van der Waals surface area contributed by atoms with Gasteiger partial charge in [0.15, 0.2) is 0 Å². The van der Waals surface area contributed by atoms with Gasteiger partial charge in [0.1, 0.15) is 28.5 Å². The Morgan fingerprint density at radius 3 is 2.61 bits per heavy atom. The number of rotatable bonds is 8. The lowest BCUT2D eigenvalue weighted by molar-refractivity contribution is 0.0936. The second kappa shape index (κ2) is 10.7. The fraction of sp³-hybridized carbons (Fsp3) is 0.250. The van der Waals surface area contributed by atoms with Crippen molar-refractivity contribution in [3.63, 3.8) is 0 Å². The quantitative estimate of drug-likeness (QED) is 0.445. The van der Waals surface area contributed by atoms with Crippen LogP contribution in [0, 0.1) is 25.5 Å². The Balaban J connectivity index is 1.92. The zero-order valence-electron chi connectivity index (χ0n) is 18.4. The highest BCUT2D eigenvalue weighted by molar-refractivity contribution is 9.10. The second-order valence-corrected chi connectivity index (χ2v) is 8.12. The highest BCUT2D eigenvalue weighted by Gasteiger charge is 2.18. The van der Waals surface area contributed by atoms with E-state index in [1.165, 1.54) is 10.6 Å². The molecule has 33 heavy (non-hydrogen) atoms. The van der Waals surface area contributed by atoms with E-state index in [0.717, 1.165) is 12.1 Å². The van der Waals surface area contributed by atoms with E-state index in [-0.39, 0.29) is 28.3 Å². The number of halogens is 3. The Hall–Kier alpha value is -3.04. The Morgan fingerprint density at radius 1 is 1.15 bits per heavy atom. The average Bonchev–Trinajstić information content (AvgIpc) is 2.77. The van der Waals surface area contributed by atoms with Crippen molar-refractivity contribution in [1.29, 1.82) is 0 Å². The zero-order valence-corrected chi connectivity index (χ0v) is 20.0. The molecule has 0 radical (unpaired) electrons. The third-order valence-corrected chi connectivity index (χ3v) is 5.81. The maximum absolute atomic E-state index is 13.9. The second-order valence-electron chi connectivity index (χ2n) is 7.33. The molecule has 1 amide bonds. The standard InChI is InChI=1S/C24H23BrF2N2O4/c1-14-11-21(33-13-16-7-8-17(26)12-19(16)27)22(25)24(31)29(14)20-6-4-5-18(15(20)2)23(30)28-9-10-32-3/h4-8,11-12H,9-10,13H2,1-3H3,(H,28,30). The number of hydrogen-bond donors (Lipinski definition) is 1. The van der Waals surface area contributed by atoms with Crippen LogP contribution < -0.4 is 15.6 Å². The summed E-state index contributed by atoms with van der Waals surface area (Å²) in [6, 6.07) is 9.98. The first-order valence-corrected chi connectivity index (χ1v) is 10.9. The lowest BCUT2D eigenvalue weighted by atomic mass is 10.1. The number of nitrogens with one attached hydrogen (secondary N) is 1. The van der Waals surface area contributed by atoms with Crippen molar-refractivity contribution in [1.82, 2.24) is 9.88 Å². The van der Waals surface area contributed by atoms with Crippen LogP contribution in [0.25, 0.3) is 5.69 Å². The zero-order chi connectivity index (χ0) is 24.1. The van der Waals surface area contributed by atoms with Gasteiger partial charge in [-0.25, -0.2) is 8.78 Å². The summed E-state index contributed by atoms with van der Waals surface area (Å²) in [7, 11) is 1.55. The van der Waals surface area contributed by atoms with Crippen LogP contribution in [-0.2, 0) is 11.3 Å². The smallest absolute Gasteiger partial charge is 0.273 e. The molecule has 0 aliphatic carbocycles. The molecule has 0 aliphatic heterocycles. The van der Waals surface area contributed by atoms with E-state index < -0.39 is 17.2 Å². The minimum absolute atomic E-state index is 0.143. The SMILES string of the molecule is COCCNC(=O)c1cccc(-n2c(C)cc(OCc3ccc(F)cc3F)c(Br)c2=O)c1C. The Labute approximate surface area is 198 Å². The maximum Gasteiger partial charge on any atom is 0.273 e. The first kappa shape index (κ1) is 24.6. The number of hydrogen-bond acceptors (Lipinski definition) is 4. The molecule has 3 aromatic rings. The topological polar surface area (TPSA) is 69.6 Å². The molecule has 0 atom stereocenters. The molecular weight excluding hydrogens is 498 g/mol. The van der Waals surface area contributed by atoms with E-state index in [1.54, 1.807) is 45.2 Å². The highest BCUT2D eigenvalue weighted by Crippen LogP contribution is 2.27. The summed E-state index contributed by atoms with van der Waals surface area (Å²) in [5, 5.41) is 2.77. The predicted octanol–water partition coefficient (Wildman–Crippen LogP) is 4.45. The first-order valence-electron chi connectivity index (χ1n) is 10.1. The summed E-state index contributed by atoms with van der Waals surface area (Å²) < 4.78 is 39.2. The van der Waals surface area contributed by atoms with E-state index in [0.29, 0.717) is 35.7 Å². The number of ether oxygens (including phenoxy) is 2. The van der Waals surface area contributed by atoms with Crippen molar-refractivity contribution in [2.24, 2.45) is 0 Å². The van der Waals surface area contributed by atoms with Crippen molar-refractivity contribution in [3.05, 3.63) is 91.3 Å². The van der Waals surface area contributed by atoms with Crippen LogP contribution in [0.3, 0.4) is 0 Å². The number of nitrogens with zero attached hydrogens (tertiary/aromatic N) is 1. The Bertz CT molecular complexity index is 1240. The molecule has 6 nitrogen and oxygen atoms in total. The van der Waals surface area contributed by atoms with Crippen molar-refractivity contribution in [3.8, 4) is 11.4 Å². The molecule has 0 aliphatic rings. The summed E-state index contributed by atoms with van der Waals surface area (Å²) >= 11 is 3.28. The van der Waals surface area contributed by atoms with Crippen LogP contribution in [-0.4, -0.2) is 30.7 Å². The third-order valence-electron chi connectivity index (χ3n) is 5.08. The lowest BCUT2D eigenvalue weighted by Crippen LogP contribution is -2.28. The van der Waals surface area contributed by atoms with Crippen molar-refractivity contribution < 1.29 is 23.0 Å². The van der Waals surface area contributed by atoms with Crippen molar-refractivity contribution >= 4 is 21.8 Å². The van der Waals surface area contributed by atoms with Crippen LogP contribution in [0.5, 0.6) is 5.75 Å². The van der Waals surface area contributed by atoms with Gasteiger partial charge in [-0.15, -0.1) is 0 Å². The molecule has 0 bridgehead atoms. The largest absolute Gasteiger partial charge is 0.487 e. The van der Waals surface area contributed by atoms with Crippen LogP contribution in [0.1, 0.15) is 27.2 Å². The molecule has 0 unspecified atom stereocenters. The summed E-state index contributed by atoms with van der Waals surface area (Å²) in [4.78, 5) is 25.7. The number of aryl methyl sites for hydroxylation is 1. The van der Waals surface area contributed by atoms with E-state index >= 15 is 0 Å². The molecule has 0 fully saturated rings. The van der Waals surface area contributed by atoms with Crippen LogP contribution in [0.4, 0.5) is 8.78 Å². The van der Waals surface area contributed by atoms with Gasteiger partial charge in [-0.05, 0) is 59.6 Å². The molecule has 9 heteroatoms. The number of aromatic nitrogens is 1. The molecule has 0 spiro atoms. The summed E-state index contributed by atoms with van der Waals surface area (Å²) in [6.07, 6.45) is 0. The first-order chi connectivity index (χ1) is 15.7. The van der Waals surface area contributed by atoms with E-state index in [1.807, 2.05) is 0 Å². The van der Waals surface area contributed by atoms with Gasteiger partial charge in [0.25, 0.3) is 11.5 Å². The fourth-order valence-electron chi connectivity index (χ4n) is 3.35. The summed E-state index contributed by atoms with van der Waals surface area (Å²) in [6.45, 7) is 4.07. The van der Waals surface area contributed by atoms with Crippen LogP contribution in [0.15, 0.2) is 51.7 Å². The summed E-state index contributed by atoms with van der Waals surface area (Å²) in [5.74, 6) is -1.45.